The van der Waals surface area contributed by atoms with E-state index < -0.39 is 12.2 Å². The SMILES string of the molecule is CCCC(=O)OC(CNC(=O)OCC1c2ccccc2-c2ccccc21)c1ccc(O)cc1. The van der Waals surface area contributed by atoms with Crippen molar-refractivity contribution in [3.63, 3.8) is 0 Å². The van der Waals surface area contributed by atoms with E-state index >= 15 is 0 Å². The zero-order valence-electron chi connectivity index (χ0n) is 18.5. The molecule has 33 heavy (non-hydrogen) atoms. The van der Waals surface area contributed by atoms with Gasteiger partial charge in [0, 0.05) is 12.3 Å². The number of phenolic OH excluding ortho intramolecular Hbond substituents is 1. The van der Waals surface area contributed by atoms with Gasteiger partial charge in [0.15, 0.2) is 0 Å². The fraction of sp³-hybridized carbons (Fsp3) is 0.259. The molecule has 6 nitrogen and oxygen atoms in total. The summed E-state index contributed by atoms with van der Waals surface area (Å²) in [5.74, 6) is -0.259. The third-order valence-corrected chi connectivity index (χ3v) is 5.77. The number of aromatic hydroxyl groups is 1. The summed E-state index contributed by atoms with van der Waals surface area (Å²) in [7, 11) is 0. The molecule has 1 amide bonds. The van der Waals surface area contributed by atoms with Crippen LogP contribution in [0.5, 0.6) is 5.75 Å². The molecule has 1 aliphatic carbocycles. The van der Waals surface area contributed by atoms with Crippen molar-refractivity contribution in [1.29, 1.82) is 0 Å². The number of hydrogen-bond donors (Lipinski definition) is 2. The van der Waals surface area contributed by atoms with Crippen molar-refractivity contribution in [2.75, 3.05) is 13.2 Å². The molecule has 170 valence electrons. The van der Waals surface area contributed by atoms with E-state index in [0.29, 0.717) is 18.4 Å². The maximum absolute atomic E-state index is 12.5. The molecule has 1 aliphatic rings. The number of carbonyl (C=O) groups excluding carboxylic acids is 2. The minimum Gasteiger partial charge on any atom is -0.508 e. The summed E-state index contributed by atoms with van der Waals surface area (Å²) in [6.07, 6.45) is -0.294. The first-order valence-electron chi connectivity index (χ1n) is 11.1. The van der Waals surface area contributed by atoms with Crippen molar-refractivity contribution in [2.45, 2.75) is 31.8 Å². The molecule has 1 unspecified atom stereocenters. The molecule has 0 heterocycles. The smallest absolute Gasteiger partial charge is 0.407 e. The zero-order chi connectivity index (χ0) is 23.2. The van der Waals surface area contributed by atoms with Gasteiger partial charge in [-0.15, -0.1) is 0 Å². The predicted octanol–water partition coefficient (Wildman–Crippen LogP) is 5.32. The Morgan fingerprint density at radius 2 is 1.55 bits per heavy atom. The average Bonchev–Trinajstić information content (AvgIpc) is 3.15. The van der Waals surface area contributed by atoms with Crippen LogP contribution in [-0.2, 0) is 14.3 Å². The second-order valence-corrected chi connectivity index (χ2v) is 8.03. The Kier molecular flexibility index (Phi) is 6.93. The van der Waals surface area contributed by atoms with Crippen LogP contribution in [0, 0.1) is 0 Å². The lowest BCUT2D eigenvalue weighted by molar-refractivity contribution is -0.149. The molecule has 0 bridgehead atoms. The number of hydrogen-bond acceptors (Lipinski definition) is 5. The van der Waals surface area contributed by atoms with Crippen molar-refractivity contribution < 1.29 is 24.2 Å². The first-order chi connectivity index (χ1) is 16.1. The first kappa shape index (κ1) is 22.4. The molecule has 3 aromatic carbocycles. The van der Waals surface area contributed by atoms with Crippen molar-refractivity contribution in [3.05, 3.63) is 89.5 Å². The number of esters is 1. The molecule has 0 aromatic heterocycles. The van der Waals surface area contributed by atoms with Gasteiger partial charge in [-0.25, -0.2) is 4.79 Å². The van der Waals surface area contributed by atoms with E-state index in [9.17, 15) is 14.7 Å². The van der Waals surface area contributed by atoms with Crippen molar-refractivity contribution in [3.8, 4) is 16.9 Å². The van der Waals surface area contributed by atoms with Crippen LogP contribution < -0.4 is 5.32 Å². The van der Waals surface area contributed by atoms with Gasteiger partial charge in [0.1, 0.15) is 18.5 Å². The fourth-order valence-electron chi connectivity index (χ4n) is 4.16. The molecular weight excluding hydrogens is 418 g/mol. The van der Waals surface area contributed by atoms with E-state index in [1.807, 2.05) is 31.2 Å². The van der Waals surface area contributed by atoms with Crippen LogP contribution in [0.4, 0.5) is 4.79 Å². The molecule has 0 saturated carbocycles. The summed E-state index contributed by atoms with van der Waals surface area (Å²) >= 11 is 0. The van der Waals surface area contributed by atoms with Crippen LogP contribution in [0.1, 0.15) is 48.5 Å². The quantitative estimate of drug-likeness (QED) is 0.459. The molecule has 4 rings (SSSR count). The Morgan fingerprint density at radius 3 is 2.15 bits per heavy atom. The Hall–Kier alpha value is -3.80. The third-order valence-electron chi connectivity index (χ3n) is 5.77. The fourth-order valence-corrected chi connectivity index (χ4v) is 4.16. The van der Waals surface area contributed by atoms with Crippen molar-refractivity contribution in [1.82, 2.24) is 5.32 Å². The second kappa shape index (κ2) is 10.2. The third kappa shape index (κ3) is 5.17. The number of amides is 1. The number of carbonyl (C=O) groups is 2. The van der Waals surface area contributed by atoms with Crippen LogP contribution in [0.15, 0.2) is 72.8 Å². The molecular formula is C27H27NO5. The topological polar surface area (TPSA) is 84.9 Å². The van der Waals surface area contributed by atoms with Gasteiger partial charge < -0.3 is 19.9 Å². The average molecular weight is 446 g/mol. The maximum Gasteiger partial charge on any atom is 0.407 e. The lowest BCUT2D eigenvalue weighted by atomic mass is 9.98. The zero-order valence-corrected chi connectivity index (χ0v) is 18.5. The lowest BCUT2D eigenvalue weighted by Gasteiger charge is -2.20. The number of benzene rings is 3. The van der Waals surface area contributed by atoms with Gasteiger partial charge in [-0.1, -0.05) is 67.6 Å². The minimum absolute atomic E-state index is 0.0292. The highest BCUT2D eigenvalue weighted by atomic mass is 16.6. The van der Waals surface area contributed by atoms with E-state index in [4.69, 9.17) is 9.47 Å². The number of ether oxygens (including phenoxy) is 2. The Bertz CT molecular complexity index is 1080. The molecule has 0 spiro atoms. The van der Waals surface area contributed by atoms with E-state index in [0.717, 1.165) is 22.3 Å². The number of fused-ring (bicyclic) bond motifs is 3. The summed E-state index contributed by atoms with van der Waals surface area (Å²) in [5, 5.41) is 12.3. The molecule has 3 aromatic rings. The second-order valence-electron chi connectivity index (χ2n) is 8.03. The van der Waals surface area contributed by atoms with E-state index in [1.54, 1.807) is 12.1 Å². The molecule has 2 N–H and O–H groups in total. The molecule has 0 radical (unpaired) electrons. The molecule has 0 fully saturated rings. The molecule has 1 atom stereocenters. The monoisotopic (exact) mass is 445 g/mol. The number of rotatable bonds is 8. The van der Waals surface area contributed by atoms with Crippen LogP contribution in [-0.4, -0.2) is 30.3 Å². The standard InChI is InChI=1S/C27H27NO5/c1-2-7-26(30)33-25(18-12-14-19(29)15-13-18)16-28-27(31)32-17-24-22-10-5-3-8-20(22)21-9-4-6-11-23(21)24/h3-6,8-15,24-25,29H,2,7,16-17H2,1H3,(H,28,31). The van der Waals surface area contributed by atoms with Gasteiger partial charge in [0.25, 0.3) is 0 Å². The summed E-state index contributed by atoms with van der Waals surface area (Å²) in [4.78, 5) is 24.6. The summed E-state index contributed by atoms with van der Waals surface area (Å²) in [6, 6.07) is 22.7. The van der Waals surface area contributed by atoms with E-state index in [1.165, 1.54) is 12.1 Å². The van der Waals surface area contributed by atoms with Crippen LogP contribution in [0.25, 0.3) is 11.1 Å². The number of nitrogens with one attached hydrogen (secondary N) is 1. The predicted molar refractivity (Wildman–Crippen MR) is 125 cm³/mol. The van der Waals surface area contributed by atoms with Crippen LogP contribution in [0.2, 0.25) is 0 Å². The Balaban J connectivity index is 1.39. The van der Waals surface area contributed by atoms with E-state index in [-0.39, 0.29) is 30.8 Å². The molecule has 6 heteroatoms. The summed E-state index contributed by atoms with van der Waals surface area (Å²) in [6.45, 7) is 2.17. The van der Waals surface area contributed by atoms with Crippen LogP contribution in [0.3, 0.4) is 0 Å². The number of alkyl carbamates (subject to hydrolysis) is 1. The van der Waals surface area contributed by atoms with Gasteiger partial charge in [0.2, 0.25) is 0 Å². The largest absolute Gasteiger partial charge is 0.508 e. The van der Waals surface area contributed by atoms with Gasteiger partial charge in [0.05, 0.1) is 6.54 Å². The highest BCUT2D eigenvalue weighted by Crippen LogP contribution is 2.44. The lowest BCUT2D eigenvalue weighted by Crippen LogP contribution is -2.31. The van der Waals surface area contributed by atoms with Crippen molar-refractivity contribution in [2.24, 2.45) is 0 Å². The van der Waals surface area contributed by atoms with Gasteiger partial charge in [-0.2, -0.15) is 0 Å². The van der Waals surface area contributed by atoms with Gasteiger partial charge >= 0.3 is 12.1 Å². The summed E-state index contributed by atoms with van der Waals surface area (Å²) < 4.78 is 11.1. The first-order valence-corrected chi connectivity index (χ1v) is 11.1. The highest BCUT2D eigenvalue weighted by Gasteiger charge is 2.29. The molecule has 0 aliphatic heterocycles. The summed E-state index contributed by atoms with van der Waals surface area (Å²) in [5.41, 5.74) is 5.29. The Morgan fingerprint density at radius 1 is 0.939 bits per heavy atom. The minimum atomic E-state index is -0.676. The number of phenols is 1. The van der Waals surface area contributed by atoms with Crippen LogP contribution >= 0.6 is 0 Å². The normalized spacial score (nSPS) is 13.0. The van der Waals surface area contributed by atoms with Gasteiger partial charge in [-0.3, -0.25) is 4.79 Å². The maximum atomic E-state index is 12.5. The van der Waals surface area contributed by atoms with Gasteiger partial charge in [-0.05, 0) is 46.4 Å². The van der Waals surface area contributed by atoms with Crippen molar-refractivity contribution >= 4 is 12.1 Å². The van der Waals surface area contributed by atoms with E-state index in [2.05, 4.69) is 29.6 Å². The highest BCUT2D eigenvalue weighted by molar-refractivity contribution is 5.79. The molecule has 0 saturated heterocycles. The Labute approximate surface area is 193 Å².